The zero-order valence-electron chi connectivity index (χ0n) is 8.89. The van der Waals surface area contributed by atoms with Crippen LogP contribution >= 0.6 is 0 Å². The smallest absolute Gasteiger partial charge is 0.339 e. The maximum Gasteiger partial charge on any atom is 0.339 e. The standard InChI is InChI=1S/C11H14N2O3/c12-10-4-3-8(6-13-10)11(14)16-7-9-2-1-5-15-9/h3-4,6,9H,1-2,5,7H2,(H2,12,13). The molecule has 1 aliphatic heterocycles. The first-order chi connectivity index (χ1) is 7.75. The number of ether oxygens (including phenoxy) is 2. The molecule has 1 unspecified atom stereocenters. The molecule has 1 aromatic heterocycles. The Morgan fingerprint density at radius 3 is 3.12 bits per heavy atom. The van der Waals surface area contributed by atoms with Crippen LogP contribution in [0.1, 0.15) is 23.2 Å². The van der Waals surface area contributed by atoms with E-state index >= 15 is 0 Å². The van der Waals surface area contributed by atoms with Crippen molar-refractivity contribution < 1.29 is 14.3 Å². The lowest BCUT2D eigenvalue weighted by molar-refractivity contribution is 0.0161. The van der Waals surface area contributed by atoms with Crippen LogP contribution in [0.5, 0.6) is 0 Å². The van der Waals surface area contributed by atoms with Gasteiger partial charge in [0.1, 0.15) is 12.4 Å². The Balaban J connectivity index is 1.85. The number of nitrogen functional groups attached to an aromatic ring is 1. The average molecular weight is 222 g/mol. The third-order valence-corrected chi connectivity index (χ3v) is 2.45. The van der Waals surface area contributed by atoms with Crippen molar-refractivity contribution in [1.82, 2.24) is 4.98 Å². The van der Waals surface area contributed by atoms with E-state index in [0.717, 1.165) is 19.4 Å². The molecule has 1 atom stereocenters. The van der Waals surface area contributed by atoms with Gasteiger partial charge < -0.3 is 15.2 Å². The highest BCUT2D eigenvalue weighted by Crippen LogP contribution is 2.13. The molecular weight excluding hydrogens is 208 g/mol. The second-order valence-corrected chi connectivity index (χ2v) is 3.71. The summed E-state index contributed by atoms with van der Waals surface area (Å²) >= 11 is 0. The molecule has 1 fully saturated rings. The number of nitrogens with two attached hydrogens (primary N) is 1. The molecule has 0 aromatic carbocycles. The van der Waals surface area contributed by atoms with Crippen molar-refractivity contribution in [3.05, 3.63) is 23.9 Å². The number of pyridine rings is 1. The van der Waals surface area contributed by atoms with Gasteiger partial charge in [-0.15, -0.1) is 0 Å². The van der Waals surface area contributed by atoms with Crippen molar-refractivity contribution in [2.75, 3.05) is 18.9 Å². The van der Waals surface area contributed by atoms with Crippen LogP contribution in [0.2, 0.25) is 0 Å². The van der Waals surface area contributed by atoms with E-state index in [2.05, 4.69) is 4.98 Å². The van der Waals surface area contributed by atoms with E-state index in [1.54, 1.807) is 12.1 Å². The SMILES string of the molecule is Nc1ccc(C(=O)OCC2CCCO2)cn1. The number of esters is 1. The van der Waals surface area contributed by atoms with Crippen LogP contribution in [-0.2, 0) is 9.47 Å². The molecule has 1 aliphatic rings. The van der Waals surface area contributed by atoms with Gasteiger partial charge in [0.05, 0.1) is 11.7 Å². The second kappa shape index (κ2) is 4.94. The van der Waals surface area contributed by atoms with Gasteiger partial charge in [-0.1, -0.05) is 0 Å². The zero-order valence-corrected chi connectivity index (χ0v) is 8.89. The summed E-state index contributed by atoms with van der Waals surface area (Å²) in [5.74, 6) is -0.00123. The normalized spacial score (nSPS) is 19.6. The van der Waals surface area contributed by atoms with Gasteiger partial charge in [0, 0.05) is 12.8 Å². The fourth-order valence-electron chi connectivity index (χ4n) is 1.55. The maximum atomic E-state index is 11.6. The largest absolute Gasteiger partial charge is 0.459 e. The van der Waals surface area contributed by atoms with E-state index in [-0.39, 0.29) is 12.1 Å². The van der Waals surface area contributed by atoms with Gasteiger partial charge in [0.15, 0.2) is 0 Å². The van der Waals surface area contributed by atoms with Crippen LogP contribution in [0, 0.1) is 0 Å². The molecule has 1 aromatic rings. The summed E-state index contributed by atoms with van der Waals surface area (Å²) in [6.45, 7) is 1.06. The van der Waals surface area contributed by atoms with Gasteiger partial charge in [0.25, 0.3) is 0 Å². The lowest BCUT2D eigenvalue weighted by Gasteiger charge is -2.09. The molecule has 0 spiro atoms. The molecule has 16 heavy (non-hydrogen) atoms. The topological polar surface area (TPSA) is 74.4 Å². The molecule has 0 radical (unpaired) electrons. The first kappa shape index (κ1) is 10.9. The van der Waals surface area contributed by atoms with Crippen LogP contribution in [0.25, 0.3) is 0 Å². The first-order valence-electron chi connectivity index (χ1n) is 5.26. The zero-order chi connectivity index (χ0) is 11.4. The van der Waals surface area contributed by atoms with Crippen molar-refractivity contribution in [1.29, 1.82) is 0 Å². The molecular formula is C11H14N2O3. The molecule has 0 bridgehead atoms. The number of aromatic nitrogens is 1. The van der Waals surface area contributed by atoms with Gasteiger partial charge in [-0.2, -0.15) is 0 Å². The minimum absolute atomic E-state index is 0.0469. The third kappa shape index (κ3) is 2.70. The van der Waals surface area contributed by atoms with E-state index in [4.69, 9.17) is 15.2 Å². The van der Waals surface area contributed by atoms with Gasteiger partial charge in [-0.05, 0) is 25.0 Å². The summed E-state index contributed by atoms with van der Waals surface area (Å²) in [4.78, 5) is 15.4. The predicted octanol–water partition coefficient (Wildman–Crippen LogP) is 1.000. The molecule has 0 amide bonds. The summed E-state index contributed by atoms with van der Waals surface area (Å²) in [6.07, 6.45) is 3.44. The number of hydrogen-bond donors (Lipinski definition) is 1. The van der Waals surface area contributed by atoms with E-state index in [1.807, 2.05) is 0 Å². The summed E-state index contributed by atoms with van der Waals surface area (Å²) in [5, 5.41) is 0. The minimum Gasteiger partial charge on any atom is -0.459 e. The summed E-state index contributed by atoms with van der Waals surface area (Å²) in [7, 11) is 0. The minimum atomic E-state index is -0.386. The number of nitrogens with zero attached hydrogens (tertiary/aromatic N) is 1. The molecule has 5 heteroatoms. The van der Waals surface area contributed by atoms with E-state index in [0.29, 0.717) is 18.0 Å². The highest BCUT2D eigenvalue weighted by molar-refractivity contribution is 5.89. The number of hydrogen-bond acceptors (Lipinski definition) is 5. The van der Waals surface area contributed by atoms with Gasteiger partial charge >= 0.3 is 5.97 Å². The van der Waals surface area contributed by atoms with Crippen molar-refractivity contribution in [2.45, 2.75) is 18.9 Å². The van der Waals surface area contributed by atoms with Crippen LogP contribution in [0.3, 0.4) is 0 Å². The maximum absolute atomic E-state index is 11.6. The molecule has 2 N–H and O–H groups in total. The number of carbonyl (C=O) groups is 1. The van der Waals surface area contributed by atoms with Crippen molar-refractivity contribution in [3.8, 4) is 0 Å². The van der Waals surface area contributed by atoms with E-state index in [9.17, 15) is 4.79 Å². The highest BCUT2D eigenvalue weighted by atomic mass is 16.6. The van der Waals surface area contributed by atoms with Gasteiger partial charge in [0.2, 0.25) is 0 Å². The monoisotopic (exact) mass is 222 g/mol. The number of carbonyl (C=O) groups excluding carboxylic acids is 1. The number of rotatable bonds is 3. The Labute approximate surface area is 93.6 Å². The fourth-order valence-corrected chi connectivity index (χ4v) is 1.55. The third-order valence-electron chi connectivity index (χ3n) is 2.45. The Morgan fingerprint density at radius 1 is 1.62 bits per heavy atom. The quantitative estimate of drug-likeness (QED) is 0.772. The van der Waals surface area contributed by atoms with E-state index < -0.39 is 0 Å². The number of anilines is 1. The molecule has 0 aliphatic carbocycles. The summed E-state index contributed by atoms with van der Waals surface area (Å²) < 4.78 is 10.5. The second-order valence-electron chi connectivity index (χ2n) is 3.71. The molecule has 5 nitrogen and oxygen atoms in total. The molecule has 2 rings (SSSR count). The molecule has 1 saturated heterocycles. The molecule has 0 saturated carbocycles. The lowest BCUT2D eigenvalue weighted by atomic mass is 10.2. The Bertz CT molecular complexity index is 358. The molecule has 86 valence electrons. The van der Waals surface area contributed by atoms with E-state index in [1.165, 1.54) is 6.20 Å². The first-order valence-corrected chi connectivity index (χ1v) is 5.26. The summed E-state index contributed by atoms with van der Waals surface area (Å²) in [6, 6.07) is 3.17. The Morgan fingerprint density at radius 2 is 2.50 bits per heavy atom. The van der Waals surface area contributed by atoms with Crippen LogP contribution < -0.4 is 5.73 Å². The Hall–Kier alpha value is -1.62. The molecule has 2 heterocycles. The van der Waals surface area contributed by atoms with Gasteiger partial charge in [-0.3, -0.25) is 0 Å². The predicted molar refractivity (Wildman–Crippen MR) is 57.9 cm³/mol. The summed E-state index contributed by atoms with van der Waals surface area (Å²) in [5.41, 5.74) is 5.83. The fraction of sp³-hybridized carbons (Fsp3) is 0.455. The highest BCUT2D eigenvalue weighted by Gasteiger charge is 2.18. The van der Waals surface area contributed by atoms with Crippen molar-refractivity contribution in [2.24, 2.45) is 0 Å². The van der Waals surface area contributed by atoms with Gasteiger partial charge in [-0.25, -0.2) is 9.78 Å². The van der Waals surface area contributed by atoms with Crippen molar-refractivity contribution >= 4 is 11.8 Å². The average Bonchev–Trinajstić information content (AvgIpc) is 2.80. The van der Waals surface area contributed by atoms with Crippen LogP contribution in [-0.4, -0.2) is 30.3 Å². The lowest BCUT2D eigenvalue weighted by Crippen LogP contribution is -2.18. The Kier molecular flexibility index (Phi) is 3.36. The van der Waals surface area contributed by atoms with Crippen LogP contribution in [0.4, 0.5) is 5.82 Å². The van der Waals surface area contributed by atoms with Crippen molar-refractivity contribution in [3.63, 3.8) is 0 Å². The van der Waals surface area contributed by atoms with Crippen LogP contribution in [0.15, 0.2) is 18.3 Å².